The zero-order valence-electron chi connectivity index (χ0n) is 13.1. The Hall–Kier alpha value is -0.930. The lowest BCUT2D eigenvalue weighted by Gasteiger charge is -2.35. The maximum atomic E-state index is 4.10. The lowest BCUT2D eigenvalue weighted by Crippen LogP contribution is -2.38. The summed E-state index contributed by atoms with van der Waals surface area (Å²) in [5.74, 6) is 2.83. The van der Waals surface area contributed by atoms with E-state index in [4.69, 9.17) is 0 Å². The summed E-state index contributed by atoms with van der Waals surface area (Å²) < 4.78 is 0. The number of aromatic nitrogens is 1. The molecule has 21 heavy (non-hydrogen) atoms. The molecule has 1 aromatic heterocycles. The van der Waals surface area contributed by atoms with Gasteiger partial charge < -0.3 is 10.6 Å². The largest absolute Gasteiger partial charge is 0.316 e. The third-order valence-electron chi connectivity index (χ3n) is 5.38. The molecule has 3 aliphatic rings. The van der Waals surface area contributed by atoms with Crippen molar-refractivity contribution in [2.45, 2.75) is 44.4 Å². The first-order valence-electron chi connectivity index (χ1n) is 8.75. The highest BCUT2D eigenvalue weighted by Crippen LogP contribution is 2.33. The molecule has 1 saturated carbocycles. The summed E-state index contributed by atoms with van der Waals surface area (Å²) in [5, 5.41) is 6.83. The number of piperidine rings is 1. The molecule has 0 aromatic carbocycles. The van der Waals surface area contributed by atoms with E-state index >= 15 is 0 Å². The fraction of sp³-hybridized carbons (Fsp3) is 0.722. The summed E-state index contributed by atoms with van der Waals surface area (Å²) in [6.07, 6.45) is 12.5. The molecular formula is C18H29N3. The Labute approximate surface area is 128 Å². The molecule has 1 aliphatic carbocycles. The van der Waals surface area contributed by atoms with E-state index in [0.29, 0.717) is 5.92 Å². The molecule has 3 atom stereocenters. The van der Waals surface area contributed by atoms with Crippen molar-refractivity contribution in [2.75, 3.05) is 26.2 Å². The van der Waals surface area contributed by atoms with E-state index in [0.717, 1.165) is 24.9 Å². The molecule has 3 heteroatoms. The topological polar surface area (TPSA) is 37.0 Å². The minimum Gasteiger partial charge on any atom is -0.316 e. The van der Waals surface area contributed by atoms with Crippen LogP contribution in [0.4, 0.5) is 0 Å². The zero-order valence-corrected chi connectivity index (χ0v) is 13.1. The van der Waals surface area contributed by atoms with E-state index in [9.17, 15) is 0 Å². The van der Waals surface area contributed by atoms with Crippen LogP contribution in [0.3, 0.4) is 0 Å². The van der Waals surface area contributed by atoms with Crippen molar-refractivity contribution in [1.82, 2.24) is 15.6 Å². The van der Waals surface area contributed by atoms with Crippen molar-refractivity contribution in [1.29, 1.82) is 0 Å². The maximum Gasteiger partial charge on any atom is 0.0303 e. The summed E-state index contributed by atoms with van der Waals surface area (Å²) in [6, 6.07) is 4.16. The van der Waals surface area contributed by atoms with Gasteiger partial charge in [-0.2, -0.15) is 0 Å². The summed E-state index contributed by atoms with van der Waals surface area (Å²) in [7, 11) is 0. The molecule has 0 bridgehead atoms. The predicted molar refractivity (Wildman–Crippen MR) is 87.4 cm³/mol. The smallest absolute Gasteiger partial charge is 0.0303 e. The highest BCUT2D eigenvalue weighted by molar-refractivity contribution is 5.16. The van der Waals surface area contributed by atoms with Gasteiger partial charge in [-0.15, -0.1) is 0 Å². The number of nitrogens with zero attached hydrogens (tertiary/aromatic N) is 1. The SMILES string of the molecule is C1CC[C@H]2CNCC[C@@H]2C1.c1cncc(C2CCNC2)c1. The average Bonchev–Trinajstić information content (AvgIpc) is 3.11. The average molecular weight is 287 g/mol. The van der Waals surface area contributed by atoms with Gasteiger partial charge in [0.25, 0.3) is 0 Å². The monoisotopic (exact) mass is 287 g/mol. The fourth-order valence-electron chi connectivity index (χ4n) is 4.06. The van der Waals surface area contributed by atoms with Crippen LogP contribution < -0.4 is 10.6 Å². The second-order valence-corrected chi connectivity index (χ2v) is 6.77. The minimum absolute atomic E-state index is 0.698. The lowest BCUT2D eigenvalue weighted by molar-refractivity contribution is 0.185. The number of pyridine rings is 1. The van der Waals surface area contributed by atoms with Gasteiger partial charge in [0.05, 0.1) is 0 Å². The minimum atomic E-state index is 0.698. The molecule has 2 N–H and O–H groups in total. The van der Waals surface area contributed by atoms with Crippen molar-refractivity contribution >= 4 is 0 Å². The Morgan fingerprint density at radius 1 is 0.905 bits per heavy atom. The van der Waals surface area contributed by atoms with E-state index in [1.807, 2.05) is 18.5 Å². The first kappa shape index (κ1) is 15.0. The predicted octanol–water partition coefficient (Wildman–Crippen LogP) is 2.94. The van der Waals surface area contributed by atoms with E-state index in [1.54, 1.807) is 0 Å². The standard InChI is InChI=1S/C9H12N2.C9H17N/c1-2-8(6-10-4-1)9-3-5-11-7-9;1-2-4-9-7-10-6-5-8(9)3-1/h1-2,4,6,9,11H,3,5,7H2;8-10H,1-7H2/t;8-,9-/m.0/s1. The highest BCUT2D eigenvalue weighted by atomic mass is 14.9. The van der Waals surface area contributed by atoms with E-state index in [1.165, 1.54) is 57.2 Å². The van der Waals surface area contributed by atoms with Crippen molar-refractivity contribution in [2.24, 2.45) is 11.8 Å². The number of rotatable bonds is 1. The molecule has 4 rings (SSSR count). The Balaban J connectivity index is 0.000000126. The second kappa shape index (κ2) is 7.90. The van der Waals surface area contributed by atoms with Gasteiger partial charge in [-0.25, -0.2) is 0 Å². The maximum absolute atomic E-state index is 4.10. The van der Waals surface area contributed by atoms with E-state index in [-0.39, 0.29) is 0 Å². The van der Waals surface area contributed by atoms with Gasteiger partial charge >= 0.3 is 0 Å². The molecule has 3 nitrogen and oxygen atoms in total. The molecule has 3 fully saturated rings. The summed E-state index contributed by atoms with van der Waals surface area (Å²) in [4.78, 5) is 4.10. The Morgan fingerprint density at radius 2 is 1.71 bits per heavy atom. The van der Waals surface area contributed by atoms with Crippen LogP contribution in [0.2, 0.25) is 0 Å². The quantitative estimate of drug-likeness (QED) is 0.834. The Kier molecular flexibility index (Phi) is 5.64. The van der Waals surface area contributed by atoms with Gasteiger partial charge in [0.2, 0.25) is 0 Å². The van der Waals surface area contributed by atoms with Crippen LogP contribution in [0.1, 0.15) is 50.0 Å². The van der Waals surface area contributed by atoms with Crippen LogP contribution in [0.25, 0.3) is 0 Å². The summed E-state index contributed by atoms with van der Waals surface area (Å²) in [5.41, 5.74) is 1.37. The number of nitrogens with one attached hydrogen (secondary N) is 2. The van der Waals surface area contributed by atoms with Crippen LogP contribution in [-0.2, 0) is 0 Å². The molecule has 2 saturated heterocycles. The van der Waals surface area contributed by atoms with Crippen LogP contribution in [0.15, 0.2) is 24.5 Å². The molecular weight excluding hydrogens is 258 g/mol. The van der Waals surface area contributed by atoms with Crippen molar-refractivity contribution in [3.8, 4) is 0 Å². The molecule has 0 spiro atoms. The summed E-state index contributed by atoms with van der Waals surface area (Å²) in [6.45, 7) is 4.86. The lowest BCUT2D eigenvalue weighted by atomic mass is 9.76. The first-order valence-corrected chi connectivity index (χ1v) is 8.75. The van der Waals surface area contributed by atoms with Gasteiger partial charge in [-0.05, 0) is 68.3 Å². The molecule has 0 amide bonds. The van der Waals surface area contributed by atoms with E-state index < -0.39 is 0 Å². The number of hydrogen-bond acceptors (Lipinski definition) is 3. The van der Waals surface area contributed by atoms with Gasteiger partial charge in [0.1, 0.15) is 0 Å². The second-order valence-electron chi connectivity index (χ2n) is 6.77. The van der Waals surface area contributed by atoms with Crippen molar-refractivity contribution in [3.05, 3.63) is 30.1 Å². The van der Waals surface area contributed by atoms with Crippen molar-refractivity contribution in [3.63, 3.8) is 0 Å². The first-order chi connectivity index (χ1) is 10.4. The third-order valence-corrected chi connectivity index (χ3v) is 5.38. The van der Waals surface area contributed by atoms with Gasteiger partial charge in [0.15, 0.2) is 0 Å². The summed E-state index contributed by atoms with van der Waals surface area (Å²) >= 11 is 0. The number of hydrogen-bond donors (Lipinski definition) is 2. The van der Waals surface area contributed by atoms with Crippen molar-refractivity contribution < 1.29 is 0 Å². The van der Waals surface area contributed by atoms with Crippen LogP contribution in [-0.4, -0.2) is 31.2 Å². The van der Waals surface area contributed by atoms with Crippen LogP contribution >= 0.6 is 0 Å². The molecule has 3 heterocycles. The van der Waals surface area contributed by atoms with Crippen LogP contribution in [0, 0.1) is 11.8 Å². The highest BCUT2D eigenvalue weighted by Gasteiger charge is 2.26. The number of fused-ring (bicyclic) bond motifs is 1. The normalized spacial score (nSPS) is 31.9. The molecule has 0 radical (unpaired) electrons. The zero-order chi connectivity index (χ0) is 14.3. The Morgan fingerprint density at radius 3 is 2.43 bits per heavy atom. The molecule has 2 aliphatic heterocycles. The van der Waals surface area contributed by atoms with E-state index in [2.05, 4.69) is 21.7 Å². The fourth-order valence-corrected chi connectivity index (χ4v) is 4.06. The molecule has 1 aromatic rings. The molecule has 1 unspecified atom stereocenters. The van der Waals surface area contributed by atoms with Gasteiger partial charge in [-0.3, -0.25) is 4.98 Å². The molecule has 116 valence electrons. The van der Waals surface area contributed by atoms with Gasteiger partial charge in [0, 0.05) is 18.9 Å². The third kappa shape index (κ3) is 4.27. The Bertz CT molecular complexity index is 374. The van der Waals surface area contributed by atoms with Gasteiger partial charge in [-0.1, -0.05) is 25.3 Å². The van der Waals surface area contributed by atoms with Crippen LogP contribution in [0.5, 0.6) is 0 Å².